The molecule has 1 saturated carbocycles. The number of hydrogen-bond donors (Lipinski definition) is 1. The first-order valence-electron chi connectivity index (χ1n) is 9.32. The van der Waals surface area contributed by atoms with Crippen LogP contribution < -0.4 is 10.1 Å². The first-order chi connectivity index (χ1) is 13.5. The molecular formula is C22H23F2NO3. The largest absolute Gasteiger partial charge is 0.496 e. The summed E-state index contributed by atoms with van der Waals surface area (Å²) in [7, 11) is 1.37. The number of hydrogen-bond acceptors (Lipinski definition) is 4. The van der Waals surface area contributed by atoms with Gasteiger partial charge < -0.3 is 14.8 Å². The Bertz CT molecular complexity index is 863. The third-order valence-electron chi connectivity index (χ3n) is 5.03. The van der Waals surface area contributed by atoms with E-state index in [0.29, 0.717) is 12.0 Å². The van der Waals surface area contributed by atoms with E-state index < -0.39 is 17.4 Å². The normalized spacial score (nSPS) is 15.7. The lowest BCUT2D eigenvalue weighted by molar-refractivity contribution is -0.108. The molecule has 0 saturated heterocycles. The van der Waals surface area contributed by atoms with E-state index in [1.807, 2.05) is 6.92 Å². The number of methoxy groups -OCH3 is 1. The molecule has 0 unspecified atom stereocenters. The van der Waals surface area contributed by atoms with Crippen molar-refractivity contribution in [1.29, 1.82) is 0 Å². The minimum atomic E-state index is -0.642. The number of nitrogens with one attached hydrogen (secondary N) is 1. The smallest absolute Gasteiger partial charge is 0.199 e. The highest BCUT2D eigenvalue weighted by Gasteiger charge is 2.36. The van der Waals surface area contributed by atoms with E-state index in [9.17, 15) is 14.0 Å². The number of ketones is 1. The van der Waals surface area contributed by atoms with Gasteiger partial charge in [0, 0.05) is 29.6 Å². The van der Waals surface area contributed by atoms with Crippen LogP contribution >= 0.6 is 0 Å². The summed E-state index contributed by atoms with van der Waals surface area (Å²) in [6, 6.07) is 7.78. The highest BCUT2D eigenvalue weighted by molar-refractivity contribution is 6.11. The Hall–Kier alpha value is -2.60. The summed E-state index contributed by atoms with van der Waals surface area (Å²) in [6.45, 7) is 1.87. The molecule has 1 N–H and O–H groups in total. The fourth-order valence-corrected chi connectivity index (χ4v) is 3.37. The molecule has 0 aromatic heterocycles. The SMILES string of the molecule is COc1ccc([C@H](N[C@@H](C)CC=O)C2CC2)c(F)c1C(=O)c1ccc(F)cc1. The second kappa shape index (κ2) is 8.61. The predicted molar refractivity (Wildman–Crippen MR) is 102 cm³/mol. The summed E-state index contributed by atoms with van der Waals surface area (Å²) in [6.07, 6.45) is 3.06. The van der Waals surface area contributed by atoms with Crippen molar-refractivity contribution in [1.82, 2.24) is 5.32 Å². The Morgan fingerprint density at radius 3 is 2.46 bits per heavy atom. The van der Waals surface area contributed by atoms with Gasteiger partial charge in [-0.2, -0.15) is 0 Å². The Morgan fingerprint density at radius 1 is 1.21 bits per heavy atom. The lowest BCUT2D eigenvalue weighted by Gasteiger charge is -2.24. The molecule has 0 spiro atoms. The molecule has 148 valence electrons. The van der Waals surface area contributed by atoms with Gasteiger partial charge in [0.15, 0.2) is 5.78 Å². The first-order valence-corrected chi connectivity index (χ1v) is 9.32. The van der Waals surface area contributed by atoms with Crippen LogP contribution in [0.3, 0.4) is 0 Å². The molecular weight excluding hydrogens is 364 g/mol. The average Bonchev–Trinajstić information content (AvgIpc) is 3.51. The number of rotatable bonds is 9. The van der Waals surface area contributed by atoms with Crippen molar-refractivity contribution in [2.75, 3.05) is 7.11 Å². The van der Waals surface area contributed by atoms with Gasteiger partial charge in [0.05, 0.1) is 7.11 Å². The van der Waals surface area contributed by atoms with Crippen molar-refractivity contribution in [3.63, 3.8) is 0 Å². The minimum absolute atomic E-state index is 0.110. The van der Waals surface area contributed by atoms with Gasteiger partial charge in [-0.25, -0.2) is 8.78 Å². The Labute approximate surface area is 162 Å². The van der Waals surface area contributed by atoms with Gasteiger partial charge >= 0.3 is 0 Å². The van der Waals surface area contributed by atoms with Gasteiger partial charge in [-0.15, -0.1) is 0 Å². The van der Waals surface area contributed by atoms with E-state index >= 15 is 4.39 Å². The fourth-order valence-electron chi connectivity index (χ4n) is 3.37. The van der Waals surface area contributed by atoms with Crippen LogP contribution in [0.2, 0.25) is 0 Å². The minimum Gasteiger partial charge on any atom is -0.496 e. The summed E-state index contributed by atoms with van der Waals surface area (Å²) in [5.74, 6) is -1.29. The van der Waals surface area contributed by atoms with Crippen molar-refractivity contribution in [2.45, 2.75) is 38.3 Å². The number of halogens is 2. The third kappa shape index (κ3) is 4.28. The summed E-state index contributed by atoms with van der Waals surface area (Å²) in [5.41, 5.74) is 0.398. The van der Waals surface area contributed by atoms with E-state index in [-0.39, 0.29) is 34.9 Å². The average molecular weight is 387 g/mol. The van der Waals surface area contributed by atoms with Crippen LogP contribution in [-0.2, 0) is 4.79 Å². The van der Waals surface area contributed by atoms with E-state index in [2.05, 4.69) is 5.32 Å². The van der Waals surface area contributed by atoms with Crippen LogP contribution in [0.1, 0.15) is 53.7 Å². The van der Waals surface area contributed by atoms with Crippen molar-refractivity contribution in [3.8, 4) is 5.75 Å². The highest BCUT2D eigenvalue weighted by atomic mass is 19.1. The second-order valence-electron chi connectivity index (χ2n) is 7.17. The molecule has 0 bridgehead atoms. The molecule has 0 aliphatic heterocycles. The zero-order chi connectivity index (χ0) is 20.3. The van der Waals surface area contributed by atoms with Crippen molar-refractivity contribution < 1.29 is 23.1 Å². The van der Waals surface area contributed by atoms with Gasteiger partial charge in [-0.3, -0.25) is 4.79 Å². The van der Waals surface area contributed by atoms with Gasteiger partial charge in [-0.1, -0.05) is 6.07 Å². The third-order valence-corrected chi connectivity index (χ3v) is 5.03. The van der Waals surface area contributed by atoms with E-state index in [0.717, 1.165) is 31.3 Å². The number of carbonyl (C=O) groups is 2. The van der Waals surface area contributed by atoms with Gasteiger partial charge in [-0.05, 0) is 56.0 Å². The number of ether oxygens (including phenoxy) is 1. The summed E-state index contributed by atoms with van der Waals surface area (Å²) in [5, 5.41) is 3.31. The van der Waals surface area contributed by atoms with E-state index in [1.54, 1.807) is 12.1 Å². The van der Waals surface area contributed by atoms with Crippen LogP contribution in [0, 0.1) is 17.6 Å². The zero-order valence-electron chi connectivity index (χ0n) is 15.9. The van der Waals surface area contributed by atoms with Crippen molar-refractivity contribution in [2.24, 2.45) is 5.92 Å². The van der Waals surface area contributed by atoms with E-state index in [4.69, 9.17) is 4.74 Å². The molecule has 4 nitrogen and oxygen atoms in total. The van der Waals surface area contributed by atoms with Gasteiger partial charge in [0.25, 0.3) is 0 Å². The summed E-state index contributed by atoms with van der Waals surface area (Å²) >= 11 is 0. The Morgan fingerprint density at radius 2 is 1.89 bits per heavy atom. The molecule has 0 amide bonds. The zero-order valence-corrected chi connectivity index (χ0v) is 15.9. The predicted octanol–water partition coefficient (Wildman–Crippen LogP) is 4.22. The molecule has 6 heteroatoms. The number of aldehydes is 1. The Balaban J connectivity index is 2.01. The van der Waals surface area contributed by atoms with Crippen LogP contribution in [0.4, 0.5) is 8.78 Å². The van der Waals surface area contributed by atoms with Gasteiger partial charge in [0.2, 0.25) is 0 Å². The van der Waals surface area contributed by atoms with Gasteiger partial charge in [0.1, 0.15) is 29.2 Å². The monoisotopic (exact) mass is 387 g/mol. The second-order valence-corrected chi connectivity index (χ2v) is 7.17. The van der Waals surface area contributed by atoms with Crippen molar-refractivity contribution >= 4 is 12.1 Å². The Kier molecular flexibility index (Phi) is 6.19. The summed E-state index contributed by atoms with van der Waals surface area (Å²) < 4.78 is 33.9. The maximum Gasteiger partial charge on any atom is 0.199 e. The molecule has 2 aromatic carbocycles. The molecule has 2 atom stereocenters. The maximum absolute atomic E-state index is 15.5. The fraction of sp³-hybridized carbons (Fsp3) is 0.364. The summed E-state index contributed by atoms with van der Waals surface area (Å²) in [4.78, 5) is 23.7. The molecule has 0 radical (unpaired) electrons. The molecule has 3 rings (SSSR count). The topological polar surface area (TPSA) is 55.4 Å². The van der Waals surface area contributed by atoms with Crippen LogP contribution in [0.15, 0.2) is 36.4 Å². The quantitative estimate of drug-likeness (QED) is 0.517. The molecule has 2 aromatic rings. The molecule has 1 fully saturated rings. The number of carbonyl (C=O) groups excluding carboxylic acids is 2. The molecule has 1 aliphatic rings. The van der Waals surface area contributed by atoms with Crippen LogP contribution in [0.5, 0.6) is 5.75 Å². The maximum atomic E-state index is 15.5. The molecule has 1 aliphatic carbocycles. The van der Waals surface area contributed by atoms with Crippen molar-refractivity contribution in [3.05, 3.63) is 64.7 Å². The highest BCUT2D eigenvalue weighted by Crippen LogP contribution is 2.43. The van der Waals surface area contributed by atoms with Crippen LogP contribution in [-0.4, -0.2) is 25.2 Å². The first kappa shape index (κ1) is 20.1. The number of benzene rings is 2. The lowest BCUT2D eigenvalue weighted by atomic mass is 9.94. The van der Waals surface area contributed by atoms with Crippen LogP contribution in [0.25, 0.3) is 0 Å². The standard InChI is InChI=1S/C22H23F2NO3/c1-13(11-12-26)25-21(14-3-4-14)17-9-10-18(28-2)19(20(17)24)22(27)15-5-7-16(23)8-6-15/h5-10,12-14,21,25H,3-4,11H2,1-2H3/t13-,21+/m0/s1. The molecule has 0 heterocycles. The lowest BCUT2D eigenvalue weighted by Crippen LogP contribution is -2.33. The molecule has 28 heavy (non-hydrogen) atoms. The van der Waals surface area contributed by atoms with E-state index in [1.165, 1.54) is 19.2 Å².